The first kappa shape index (κ1) is 14.0. The lowest BCUT2D eigenvalue weighted by Gasteiger charge is -2.14. The zero-order chi connectivity index (χ0) is 13.5. The summed E-state index contributed by atoms with van der Waals surface area (Å²) < 4.78 is 4.92. The van der Waals surface area contributed by atoms with Crippen LogP contribution in [0.3, 0.4) is 0 Å². The molecule has 0 heterocycles. The van der Waals surface area contributed by atoms with Gasteiger partial charge in [0.05, 0.1) is 0 Å². The molecule has 18 heavy (non-hydrogen) atoms. The number of hydrogen-bond acceptors (Lipinski definition) is 3. The number of nitrogens with zero attached hydrogens (tertiary/aromatic N) is 1. The summed E-state index contributed by atoms with van der Waals surface area (Å²) in [4.78, 5) is 22.7. The molecule has 0 radical (unpaired) electrons. The van der Waals surface area contributed by atoms with Crippen molar-refractivity contribution in [3.05, 3.63) is 35.9 Å². The van der Waals surface area contributed by atoms with Crippen LogP contribution >= 0.6 is 0 Å². The molecule has 0 bridgehead atoms. The Morgan fingerprint density at radius 1 is 1.39 bits per heavy atom. The molecule has 0 unspecified atom stereocenters. The molecule has 0 spiro atoms. The summed E-state index contributed by atoms with van der Waals surface area (Å²) in [5, 5.41) is 0. The Hall–Kier alpha value is -2.08. The molecule has 98 valence electrons. The predicted octanol–water partition coefficient (Wildman–Crippen LogP) is -0.0133. The van der Waals surface area contributed by atoms with Crippen LogP contribution in [0.4, 0.5) is 9.59 Å². The Morgan fingerprint density at radius 3 is 2.56 bits per heavy atom. The van der Waals surface area contributed by atoms with Crippen molar-refractivity contribution >= 4 is 12.1 Å². The molecular formula is C12H18N3O3+. The SMILES string of the molecule is CN(C(N)=O)C(=O)OC[C@@H]([NH3+])Cc1ccccc1. The van der Waals surface area contributed by atoms with Gasteiger partial charge in [-0.1, -0.05) is 30.3 Å². The lowest BCUT2D eigenvalue weighted by atomic mass is 10.1. The van der Waals surface area contributed by atoms with Gasteiger partial charge in [0, 0.05) is 13.5 Å². The van der Waals surface area contributed by atoms with E-state index in [1.54, 1.807) is 0 Å². The average molecular weight is 252 g/mol. The smallest absolute Gasteiger partial charge is 0.417 e. The number of carbonyl (C=O) groups excluding carboxylic acids is 2. The molecule has 0 aromatic heterocycles. The fraction of sp³-hybridized carbons (Fsp3) is 0.333. The van der Waals surface area contributed by atoms with Crippen LogP contribution in [-0.2, 0) is 11.2 Å². The molecule has 6 nitrogen and oxygen atoms in total. The molecule has 1 aromatic rings. The van der Waals surface area contributed by atoms with E-state index in [0.717, 1.165) is 10.5 Å². The maximum absolute atomic E-state index is 11.3. The highest BCUT2D eigenvalue weighted by Gasteiger charge is 2.17. The minimum absolute atomic E-state index is 0.0716. The number of rotatable bonds is 4. The average Bonchev–Trinajstić information content (AvgIpc) is 2.36. The monoisotopic (exact) mass is 252 g/mol. The van der Waals surface area contributed by atoms with Crippen molar-refractivity contribution in [1.29, 1.82) is 0 Å². The molecule has 3 amide bonds. The third-order valence-electron chi connectivity index (χ3n) is 2.41. The van der Waals surface area contributed by atoms with E-state index in [1.807, 2.05) is 30.3 Å². The third-order valence-corrected chi connectivity index (χ3v) is 2.41. The highest BCUT2D eigenvalue weighted by Crippen LogP contribution is 2.01. The number of primary amides is 1. The predicted molar refractivity (Wildman–Crippen MR) is 65.5 cm³/mol. The molecule has 0 aliphatic rings. The number of benzene rings is 1. The fourth-order valence-corrected chi connectivity index (χ4v) is 1.38. The van der Waals surface area contributed by atoms with Crippen LogP contribution in [0.2, 0.25) is 0 Å². The number of hydrogen-bond donors (Lipinski definition) is 2. The minimum atomic E-state index is -0.844. The quantitative estimate of drug-likeness (QED) is 0.787. The van der Waals surface area contributed by atoms with Crippen LogP contribution in [-0.4, -0.2) is 36.7 Å². The summed E-state index contributed by atoms with van der Waals surface area (Å²) in [6.45, 7) is 0.144. The molecule has 1 rings (SSSR count). The van der Waals surface area contributed by atoms with E-state index in [4.69, 9.17) is 10.5 Å². The van der Waals surface area contributed by atoms with Crippen molar-refractivity contribution in [3.8, 4) is 0 Å². The summed E-state index contributed by atoms with van der Waals surface area (Å²) in [6, 6.07) is 8.86. The van der Waals surface area contributed by atoms with Gasteiger partial charge in [0.25, 0.3) is 0 Å². The van der Waals surface area contributed by atoms with Crippen molar-refractivity contribution in [2.75, 3.05) is 13.7 Å². The van der Waals surface area contributed by atoms with Crippen molar-refractivity contribution in [2.45, 2.75) is 12.5 Å². The molecule has 0 aliphatic carbocycles. The van der Waals surface area contributed by atoms with Crippen LogP contribution in [0.25, 0.3) is 0 Å². The van der Waals surface area contributed by atoms with Crippen molar-refractivity contribution in [1.82, 2.24) is 4.90 Å². The molecular weight excluding hydrogens is 234 g/mol. The van der Waals surface area contributed by atoms with E-state index in [1.165, 1.54) is 7.05 Å². The van der Waals surface area contributed by atoms with E-state index < -0.39 is 12.1 Å². The number of urea groups is 1. The van der Waals surface area contributed by atoms with Gasteiger partial charge in [0.2, 0.25) is 0 Å². The summed E-state index contributed by atoms with van der Waals surface area (Å²) in [6.07, 6.45) is -0.0572. The van der Waals surface area contributed by atoms with E-state index in [0.29, 0.717) is 6.42 Å². The van der Waals surface area contributed by atoms with Crippen molar-refractivity contribution in [2.24, 2.45) is 5.73 Å². The molecule has 0 saturated heterocycles. The standard InChI is InChI=1S/C12H17N3O3/c1-15(11(14)16)12(17)18-8-10(13)7-9-5-3-2-4-6-9/h2-6,10H,7-8,13H2,1H3,(H2,14,16)/p+1/t10-/m0/s1. The highest BCUT2D eigenvalue weighted by molar-refractivity contribution is 5.89. The Morgan fingerprint density at radius 2 is 2.00 bits per heavy atom. The first-order valence-corrected chi connectivity index (χ1v) is 5.57. The molecule has 5 N–H and O–H groups in total. The van der Waals surface area contributed by atoms with Crippen LogP contribution in [0.5, 0.6) is 0 Å². The van der Waals surface area contributed by atoms with Crippen molar-refractivity contribution in [3.63, 3.8) is 0 Å². The number of ether oxygens (including phenoxy) is 1. The summed E-state index contributed by atoms with van der Waals surface area (Å²) in [7, 11) is 1.26. The topological polar surface area (TPSA) is 100 Å². The normalized spacial score (nSPS) is 11.7. The number of imide groups is 1. The van der Waals surface area contributed by atoms with Gasteiger partial charge >= 0.3 is 12.1 Å². The Kier molecular flexibility index (Phi) is 5.13. The summed E-state index contributed by atoms with van der Waals surface area (Å²) >= 11 is 0. The Labute approximate surface area is 105 Å². The van der Waals surface area contributed by atoms with Crippen LogP contribution in [0.15, 0.2) is 30.3 Å². The minimum Gasteiger partial charge on any atom is -0.443 e. The second-order valence-electron chi connectivity index (χ2n) is 4.03. The van der Waals surface area contributed by atoms with E-state index in [2.05, 4.69) is 5.73 Å². The number of quaternary nitrogens is 1. The molecule has 0 saturated carbocycles. The second kappa shape index (κ2) is 6.61. The largest absolute Gasteiger partial charge is 0.443 e. The van der Waals surface area contributed by atoms with Gasteiger partial charge in [-0.25, -0.2) is 14.5 Å². The molecule has 1 atom stereocenters. The second-order valence-corrected chi connectivity index (χ2v) is 4.03. The maximum atomic E-state index is 11.3. The molecule has 0 fully saturated rings. The third kappa shape index (κ3) is 4.42. The van der Waals surface area contributed by atoms with E-state index in [9.17, 15) is 9.59 Å². The number of nitrogens with two attached hydrogens (primary N) is 1. The van der Waals surface area contributed by atoms with Gasteiger partial charge in [-0.2, -0.15) is 0 Å². The first-order chi connectivity index (χ1) is 8.50. The fourth-order valence-electron chi connectivity index (χ4n) is 1.38. The van der Waals surface area contributed by atoms with Gasteiger partial charge in [-0.3, -0.25) is 0 Å². The molecule has 0 aliphatic heterocycles. The Balaban J connectivity index is 2.35. The highest BCUT2D eigenvalue weighted by atomic mass is 16.6. The van der Waals surface area contributed by atoms with Crippen molar-refractivity contribution < 1.29 is 20.1 Å². The summed E-state index contributed by atoms with van der Waals surface area (Å²) in [5.41, 5.74) is 9.96. The van der Waals surface area contributed by atoms with E-state index >= 15 is 0 Å². The van der Waals surface area contributed by atoms with Gasteiger partial charge in [0.1, 0.15) is 12.6 Å². The number of carbonyl (C=O) groups is 2. The lowest BCUT2D eigenvalue weighted by molar-refractivity contribution is -0.424. The van der Waals surface area contributed by atoms with Crippen LogP contribution < -0.4 is 11.5 Å². The Bertz CT molecular complexity index is 408. The summed E-state index contributed by atoms with van der Waals surface area (Å²) in [5.74, 6) is 0. The zero-order valence-electron chi connectivity index (χ0n) is 10.3. The molecule has 6 heteroatoms. The first-order valence-electron chi connectivity index (χ1n) is 5.57. The van der Waals surface area contributed by atoms with Gasteiger partial charge in [0.15, 0.2) is 0 Å². The van der Waals surface area contributed by atoms with Crippen LogP contribution in [0, 0.1) is 0 Å². The van der Waals surface area contributed by atoms with E-state index in [-0.39, 0.29) is 12.6 Å². The van der Waals surface area contributed by atoms with Crippen LogP contribution in [0.1, 0.15) is 5.56 Å². The zero-order valence-corrected chi connectivity index (χ0v) is 10.3. The molecule has 1 aromatic carbocycles. The van der Waals surface area contributed by atoms with Gasteiger partial charge in [-0.15, -0.1) is 0 Å². The lowest BCUT2D eigenvalue weighted by Crippen LogP contribution is -2.64. The van der Waals surface area contributed by atoms with Gasteiger partial charge in [-0.05, 0) is 5.56 Å². The number of amides is 3. The van der Waals surface area contributed by atoms with Gasteiger partial charge < -0.3 is 16.2 Å². The maximum Gasteiger partial charge on any atom is 0.417 e.